The van der Waals surface area contributed by atoms with Gasteiger partial charge in [0.2, 0.25) is 0 Å². The average Bonchev–Trinajstić information content (AvgIpc) is 3.43. The second-order valence-corrected chi connectivity index (χ2v) is 9.26. The molecule has 0 amide bonds. The van der Waals surface area contributed by atoms with Crippen molar-refractivity contribution in [1.29, 1.82) is 0 Å². The van der Waals surface area contributed by atoms with Crippen LogP contribution in [0.25, 0.3) is 11.0 Å². The number of anilines is 1. The van der Waals surface area contributed by atoms with Gasteiger partial charge in [0.1, 0.15) is 23.9 Å². The maximum absolute atomic E-state index is 6.40. The molecule has 6 rings (SSSR count). The Labute approximate surface area is 179 Å². The zero-order valence-electron chi connectivity index (χ0n) is 16.8. The standard InChI is InChI=1S/C22H23ClN4O3/c1-22(2)29-18-15(17-13-4-3-12(23)7-11(13)9-28-17)8-16(19(18)30-22)27-6-5-14-20(24)25-10-26-21(14)27/h3-7,10,15-19H,8-9H2,1-2H3,(H2,24,25,26)/t15-,16?,17+,18-,19+/m1/s1. The van der Waals surface area contributed by atoms with E-state index in [1.54, 1.807) is 0 Å². The van der Waals surface area contributed by atoms with Crippen molar-refractivity contribution in [2.24, 2.45) is 5.92 Å². The van der Waals surface area contributed by atoms with Gasteiger partial charge in [-0.25, -0.2) is 9.97 Å². The lowest BCUT2D eigenvalue weighted by Crippen LogP contribution is -2.29. The summed E-state index contributed by atoms with van der Waals surface area (Å²) in [4.78, 5) is 8.61. The molecule has 2 aliphatic heterocycles. The first-order chi connectivity index (χ1) is 14.4. The Morgan fingerprint density at radius 2 is 2.00 bits per heavy atom. The molecular formula is C22H23ClN4O3. The third-order valence-electron chi connectivity index (χ3n) is 6.59. The molecule has 7 nitrogen and oxygen atoms in total. The average molecular weight is 427 g/mol. The molecule has 0 spiro atoms. The molecule has 30 heavy (non-hydrogen) atoms. The summed E-state index contributed by atoms with van der Waals surface area (Å²) < 4.78 is 21.2. The monoisotopic (exact) mass is 426 g/mol. The molecule has 156 valence electrons. The van der Waals surface area contributed by atoms with Crippen LogP contribution in [-0.4, -0.2) is 32.5 Å². The lowest BCUT2D eigenvalue weighted by Gasteiger charge is -2.27. The maximum Gasteiger partial charge on any atom is 0.163 e. The largest absolute Gasteiger partial charge is 0.383 e. The summed E-state index contributed by atoms with van der Waals surface area (Å²) >= 11 is 6.19. The second kappa shape index (κ2) is 6.40. The molecule has 3 aromatic rings. The second-order valence-electron chi connectivity index (χ2n) is 8.83. The van der Waals surface area contributed by atoms with Crippen molar-refractivity contribution in [3.63, 3.8) is 0 Å². The normalized spacial score (nSPS) is 31.9. The number of nitrogens with two attached hydrogens (primary N) is 1. The maximum atomic E-state index is 6.40. The number of aromatic nitrogens is 3. The Morgan fingerprint density at radius 3 is 2.87 bits per heavy atom. The van der Waals surface area contributed by atoms with Crippen molar-refractivity contribution >= 4 is 28.5 Å². The number of hydrogen-bond donors (Lipinski definition) is 1. The fraction of sp³-hybridized carbons (Fsp3) is 0.455. The molecule has 0 radical (unpaired) electrons. The van der Waals surface area contributed by atoms with Gasteiger partial charge in [0.25, 0.3) is 0 Å². The van der Waals surface area contributed by atoms with Crippen molar-refractivity contribution in [3.8, 4) is 0 Å². The predicted octanol–water partition coefficient (Wildman–Crippen LogP) is 4.02. The number of nitrogens with zero attached hydrogens (tertiary/aromatic N) is 3. The van der Waals surface area contributed by atoms with Crippen LogP contribution in [0.15, 0.2) is 36.8 Å². The van der Waals surface area contributed by atoms with Crippen molar-refractivity contribution in [1.82, 2.24) is 14.5 Å². The van der Waals surface area contributed by atoms with Crippen LogP contribution in [-0.2, 0) is 20.8 Å². The van der Waals surface area contributed by atoms with E-state index in [0.29, 0.717) is 12.4 Å². The first kappa shape index (κ1) is 18.6. The van der Waals surface area contributed by atoms with Crippen LogP contribution >= 0.6 is 11.6 Å². The van der Waals surface area contributed by atoms with Crippen LogP contribution in [0.1, 0.15) is 43.5 Å². The van der Waals surface area contributed by atoms with Gasteiger partial charge >= 0.3 is 0 Å². The van der Waals surface area contributed by atoms with E-state index in [2.05, 4.69) is 20.6 Å². The SMILES string of the molecule is CC1(C)O[C@@H]2[C@@H]([C@H]3OCc4cc(Cl)ccc43)CC(n3ccc4c(N)ncnc43)[C@@H]2O1. The topological polar surface area (TPSA) is 84.4 Å². The van der Waals surface area contributed by atoms with Crippen LogP contribution in [0.5, 0.6) is 0 Å². The van der Waals surface area contributed by atoms with Gasteiger partial charge in [0, 0.05) is 17.1 Å². The zero-order valence-corrected chi connectivity index (χ0v) is 17.5. The third-order valence-corrected chi connectivity index (χ3v) is 6.83. The highest BCUT2D eigenvalue weighted by Crippen LogP contribution is 2.54. The highest BCUT2D eigenvalue weighted by Gasteiger charge is 2.57. The van der Waals surface area contributed by atoms with Gasteiger partial charge in [-0.2, -0.15) is 0 Å². The van der Waals surface area contributed by atoms with E-state index in [-0.39, 0.29) is 30.3 Å². The summed E-state index contributed by atoms with van der Waals surface area (Å²) in [5.74, 6) is -0.00971. The third kappa shape index (κ3) is 2.69. The van der Waals surface area contributed by atoms with E-state index in [4.69, 9.17) is 31.5 Å². The summed E-state index contributed by atoms with van der Waals surface area (Å²) in [7, 11) is 0. The number of benzene rings is 1. The van der Waals surface area contributed by atoms with E-state index < -0.39 is 5.79 Å². The van der Waals surface area contributed by atoms with Gasteiger partial charge in [0.05, 0.1) is 30.2 Å². The van der Waals surface area contributed by atoms with Gasteiger partial charge in [-0.15, -0.1) is 0 Å². The van der Waals surface area contributed by atoms with Gasteiger partial charge in [0.15, 0.2) is 5.79 Å². The molecule has 1 unspecified atom stereocenters. The Kier molecular flexibility index (Phi) is 3.96. The van der Waals surface area contributed by atoms with Gasteiger partial charge in [-0.1, -0.05) is 17.7 Å². The van der Waals surface area contributed by atoms with E-state index in [0.717, 1.165) is 28.0 Å². The molecule has 1 aromatic carbocycles. The Morgan fingerprint density at radius 1 is 1.17 bits per heavy atom. The highest BCUT2D eigenvalue weighted by atomic mass is 35.5. The summed E-state index contributed by atoms with van der Waals surface area (Å²) in [5, 5.41) is 1.59. The molecular weight excluding hydrogens is 404 g/mol. The van der Waals surface area contributed by atoms with Crippen molar-refractivity contribution in [2.45, 2.75) is 57.0 Å². The van der Waals surface area contributed by atoms with E-state index in [1.165, 1.54) is 11.9 Å². The minimum Gasteiger partial charge on any atom is -0.383 e. The number of nitrogen functional groups attached to an aromatic ring is 1. The molecule has 2 fully saturated rings. The molecule has 3 aliphatic rings. The Bertz CT molecular complexity index is 1150. The van der Waals surface area contributed by atoms with Crippen LogP contribution in [0.3, 0.4) is 0 Å². The number of halogens is 1. The lowest BCUT2D eigenvalue weighted by molar-refractivity contribution is -0.166. The van der Waals surface area contributed by atoms with Crippen molar-refractivity contribution in [3.05, 3.63) is 52.9 Å². The van der Waals surface area contributed by atoms with Gasteiger partial charge in [-0.3, -0.25) is 0 Å². The fourth-order valence-corrected chi connectivity index (χ4v) is 5.61. The number of hydrogen-bond acceptors (Lipinski definition) is 6. The van der Waals surface area contributed by atoms with Crippen molar-refractivity contribution in [2.75, 3.05) is 5.73 Å². The summed E-state index contributed by atoms with van der Waals surface area (Å²) in [6.07, 6.45) is 4.16. The molecule has 1 saturated carbocycles. The number of rotatable bonds is 2. The number of ether oxygens (including phenoxy) is 3. The van der Waals surface area contributed by atoms with E-state index >= 15 is 0 Å². The van der Waals surface area contributed by atoms with E-state index in [9.17, 15) is 0 Å². The molecule has 5 atom stereocenters. The Hall–Kier alpha value is -2.19. The molecule has 0 bridgehead atoms. The summed E-state index contributed by atoms with van der Waals surface area (Å²) in [6, 6.07) is 8.04. The van der Waals surface area contributed by atoms with Crippen LogP contribution in [0.4, 0.5) is 5.82 Å². The van der Waals surface area contributed by atoms with Gasteiger partial charge < -0.3 is 24.5 Å². The first-order valence-electron chi connectivity index (χ1n) is 10.2. The van der Waals surface area contributed by atoms with Gasteiger partial charge in [-0.05, 0) is 49.6 Å². The molecule has 2 aromatic heterocycles. The Balaban J connectivity index is 1.41. The lowest BCUT2D eigenvalue weighted by atomic mass is 9.91. The predicted molar refractivity (Wildman–Crippen MR) is 112 cm³/mol. The van der Waals surface area contributed by atoms with Crippen LogP contribution in [0.2, 0.25) is 5.02 Å². The molecule has 2 N–H and O–H groups in total. The molecule has 8 heteroatoms. The highest BCUT2D eigenvalue weighted by molar-refractivity contribution is 6.30. The minimum absolute atomic E-state index is 0.0474. The van der Waals surface area contributed by atoms with Crippen molar-refractivity contribution < 1.29 is 14.2 Å². The quantitative estimate of drug-likeness (QED) is 0.666. The van der Waals surface area contributed by atoms with Crippen LogP contribution < -0.4 is 5.73 Å². The number of fused-ring (bicyclic) bond motifs is 3. The summed E-state index contributed by atoms with van der Waals surface area (Å²) in [5.41, 5.74) is 9.22. The first-order valence-corrected chi connectivity index (χ1v) is 10.6. The van der Waals surface area contributed by atoms with Crippen LogP contribution in [0, 0.1) is 5.92 Å². The minimum atomic E-state index is -0.648. The molecule has 1 saturated heterocycles. The summed E-state index contributed by atoms with van der Waals surface area (Å²) in [6.45, 7) is 4.51. The van der Waals surface area contributed by atoms with E-state index in [1.807, 2.05) is 38.2 Å². The molecule has 4 heterocycles. The smallest absolute Gasteiger partial charge is 0.163 e. The fourth-order valence-electron chi connectivity index (χ4n) is 5.42. The molecule has 1 aliphatic carbocycles. The zero-order chi connectivity index (χ0) is 20.6.